The molecule has 1 aliphatic rings. The number of hydrogen-bond donors (Lipinski definition) is 3. The summed E-state index contributed by atoms with van der Waals surface area (Å²) in [6.45, 7) is 0.459. The van der Waals surface area contributed by atoms with Crippen molar-refractivity contribution in [3.63, 3.8) is 0 Å². The van der Waals surface area contributed by atoms with E-state index >= 15 is 0 Å². The van der Waals surface area contributed by atoms with Gasteiger partial charge in [-0.3, -0.25) is 4.79 Å². The maximum Gasteiger partial charge on any atom is 0.339 e. The number of carbonyl (C=O) groups excluding carboxylic acids is 1. The van der Waals surface area contributed by atoms with E-state index in [1.54, 1.807) is 12.1 Å². The predicted molar refractivity (Wildman–Crippen MR) is 102 cm³/mol. The number of benzene rings is 1. The average molecular weight is 389 g/mol. The van der Waals surface area contributed by atoms with E-state index in [-0.39, 0.29) is 23.5 Å². The highest BCUT2D eigenvalue weighted by Crippen LogP contribution is 2.28. The van der Waals surface area contributed by atoms with Crippen molar-refractivity contribution < 1.29 is 24.2 Å². The highest BCUT2D eigenvalue weighted by Gasteiger charge is 2.24. The summed E-state index contributed by atoms with van der Waals surface area (Å²) in [5, 5.41) is 22.1. The lowest BCUT2D eigenvalue weighted by atomic mass is 9.86. The molecule has 1 aromatic heterocycles. The highest BCUT2D eigenvalue weighted by molar-refractivity contribution is 7.98. The fraction of sp³-hybridized carbons (Fsp3) is 0.400. The van der Waals surface area contributed by atoms with E-state index < -0.39 is 5.97 Å². The molecule has 2 unspecified atom stereocenters. The number of hydrogen-bond acceptors (Lipinski definition) is 5. The maximum atomic E-state index is 12.6. The molecule has 1 amide bonds. The molecule has 1 aromatic carbocycles. The van der Waals surface area contributed by atoms with Crippen molar-refractivity contribution in [1.82, 2.24) is 5.32 Å². The fourth-order valence-corrected chi connectivity index (χ4v) is 4.31. The van der Waals surface area contributed by atoms with Gasteiger partial charge in [-0.15, -0.1) is 11.8 Å². The normalized spacial score (nSPS) is 19.6. The zero-order valence-corrected chi connectivity index (χ0v) is 15.7. The molecular formula is C20H23NO5S. The zero-order chi connectivity index (χ0) is 19.2. The number of thioether (sulfide) groups is 1. The first-order valence-electron chi connectivity index (χ1n) is 9.04. The summed E-state index contributed by atoms with van der Waals surface area (Å²) in [5.74, 6) is -0.428. The molecule has 0 bridgehead atoms. The van der Waals surface area contributed by atoms with Gasteiger partial charge in [-0.2, -0.15) is 0 Å². The Hall–Kier alpha value is -2.25. The molecule has 6 nitrogen and oxygen atoms in total. The minimum atomic E-state index is -1.03. The Morgan fingerprint density at radius 3 is 2.70 bits per heavy atom. The third kappa shape index (κ3) is 4.93. The van der Waals surface area contributed by atoms with Gasteiger partial charge in [0.25, 0.3) is 5.91 Å². The number of aromatic carboxylic acids is 1. The van der Waals surface area contributed by atoms with Crippen LogP contribution in [0.4, 0.5) is 0 Å². The molecule has 0 spiro atoms. The largest absolute Gasteiger partial charge is 0.478 e. The second-order valence-electron chi connectivity index (χ2n) is 6.67. The van der Waals surface area contributed by atoms with Gasteiger partial charge >= 0.3 is 5.97 Å². The van der Waals surface area contributed by atoms with Gasteiger partial charge in [-0.05, 0) is 31.0 Å². The Morgan fingerprint density at radius 2 is 1.93 bits per heavy atom. The van der Waals surface area contributed by atoms with Crippen molar-refractivity contribution in [3.8, 4) is 0 Å². The SMILES string of the molecule is O=C(NCC1CCCCC1O)c1ccccc1SCc1occc1C(=O)O. The number of aliphatic hydroxyl groups excluding tert-OH is 1. The molecule has 0 radical (unpaired) electrons. The number of carboxylic acids is 1. The van der Waals surface area contributed by atoms with Gasteiger partial charge in [0.2, 0.25) is 0 Å². The zero-order valence-electron chi connectivity index (χ0n) is 14.9. The summed E-state index contributed by atoms with van der Waals surface area (Å²) in [4.78, 5) is 24.6. The van der Waals surface area contributed by atoms with Crippen LogP contribution in [0.1, 0.15) is 52.2 Å². The first kappa shape index (κ1) is 19.5. The van der Waals surface area contributed by atoms with Gasteiger partial charge in [0.05, 0.1) is 23.7 Å². The second-order valence-corrected chi connectivity index (χ2v) is 7.69. The van der Waals surface area contributed by atoms with Crippen LogP contribution in [0.15, 0.2) is 45.9 Å². The van der Waals surface area contributed by atoms with Crippen LogP contribution >= 0.6 is 11.8 Å². The number of carbonyl (C=O) groups is 2. The van der Waals surface area contributed by atoms with Gasteiger partial charge in [0, 0.05) is 17.4 Å². The first-order chi connectivity index (χ1) is 13.1. The summed E-state index contributed by atoms with van der Waals surface area (Å²) in [7, 11) is 0. The lowest BCUT2D eigenvalue weighted by molar-refractivity contribution is 0.0660. The molecule has 0 aliphatic heterocycles. The molecule has 1 saturated carbocycles. The van der Waals surface area contributed by atoms with Crippen molar-refractivity contribution in [2.24, 2.45) is 5.92 Å². The highest BCUT2D eigenvalue weighted by atomic mass is 32.2. The van der Waals surface area contributed by atoms with Gasteiger partial charge in [-0.25, -0.2) is 4.79 Å². The van der Waals surface area contributed by atoms with Gasteiger partial charge in [0.15, 0.2) is 0 Å². The van der Waals surface area contributed by atoms with Crippen LogP contribution in [0.3, 0.4) is 0 Å². The Balaban J connectivity index is 1.63. The van der Waals surface area contributed by atoms with Crippen LogP contribution in [0, 0.1) is 5.92 Å². The first-order valence-corrected chi connectivity index (χ1v) is 10.0. The quantitative estimate of drug-likeness (QED) is 0.626. The molecule has 2 atom stereocenters. The van der Waals surface area contributed by atoms with Crippen molar-refractivity contribution >= 4 is 23.6 Å². The van der Waals surface area contributed by atoms with E-state index in [4.69, 9.17) is 9.52 Å². The van der Waals surface area contributed by atoms with E-state index in [9.17, 15) is 14.7 Å². The minimum Gasteiger partial charge on any atom is -0.478 e. The Labute approximate surface area is 162 Å². The Bertz CT molecular complexity index is 803. The topological polar surface area (TPSA) is 99.8 Å². The van der Waals surface area contributed by atoms with Gasteiger partial charge in [-0.1, -0.05) is 25.0 Å². The number of amides is 1. The average Bonchev–Trinajstić information content (AvgIpc) is 3.15. The summed E-state index contributed by atoms with van der Waals surface area (Å²) in [6, 6.07) is 8.63. The van der Waals surface area contributed by atoms with Crippen molar-refractivity contribution in [3.05, 3.63) is 53.5 Å². The third-order valence-corrected chi connectivity index (χ3v) is 5.93. The Kier molecular flexibility index (Phi) is 6.58. The summed E-state index contributed by atoms with van der Waals surface area (Å²) in [5.41, 5.74) is 0.673. The molecule has 7 heteroatoms. The van der Waals surface area contributed by atoms with E-state index in [2.05, 4.69) is 5.32 Å². The lowest BCUT2D eigenvalue weighted by Crippen LogP contribution is -2.36. The minimum absolute atomic E-state index is 0.101. The van der Waals surface area contributed by atoms with Crippen LogP contribution in [0.5, 0.6) is 0 Å². The lowest BCUT2D eigenvalue weighted by Gasteiger charge is -2.27. The summed E-state index contributed by atoms with van der Waals surface area (Å²) >= 11 is 1.36. The van der Waals surface area contributed by atoms with E-state index in [1.807, 2.05) is 12.1 Å². The second kappa shape index (κ2) is 9.10. The molecule has 1 fully saturated rings. The van der Waals surface area contributed by atoms with Crippen LogP contribution in [-0.2, 0) is 5.75 Å². The van der Waals surface area contributed by atoms with Crippen LogP contribution in [0.2, 0.25) is 0 Å². The van der Waals surface area contributed by atoms with Crippen LogP contribution in [-0.4, -0.2) is 34.7 Å². The maximum absolute atomic E-state index is 12.6. The van der Waals surface area contributed by atoms with E-state index in [1.165, 1.54) is 24.1 Å². The monoisotopic (exact) mass is 389 g/mol. The molecular weight excluding hydrogens is 366 g/mol. The smallest absolute Gasteiger partial charge is 0.339 e. The number of nitrogens with one attached hydrogen (secondary N) is 1. The summed E-state index contributed by atoms with van der Waals surface area (Å²) < 4.78 is 5.26. The van der Waals surface area contributed by atoms with Crippen molar-refractivity contribution in [2.75, 3.05) is 6.54 Å². The number of carboxylic acid groups (broad SMARTS) is 1. The van der Waals surface area contributed by atoms with Gasteiger partial charge < -0.3 is 19.9 Å². The van der Waals surface area contributed by atoms with Crippen molar-refractivity contribution in [2.45, 2.75) is 42.4 Å². The Morgan fingerprint density at radius 1 is 1.15 bits per heavy atom. The molecule has 27 heavy (non-hydrogen) atoms. The summed E-state index contributed by atoms with van der Waals surface area (Å²) in [6.07, 6.45) is 4.84. The molecule has 2 aromatic rings. The van der Waals surface area contributed by atoms with Crippen LogP contribution < -0.4 is 5.32 Å². The molecule has 0 saturated heterocycles. The predicted octanol–water partition coefficient (Wildman–Crippen LogP) is 3.55. The van der Waals surface area contributed by atoms with E-state index in [0.717, 1.165) is 30.6 Å². The number of rotatable bonds is 7. The van der Waals surface area contributed by atoms with Crippen LogP contribution in [0.25, 0.3) is 0 Å². The molecule has 3 N–H and O–H groups in total. The molecule has 1 aliphatic carbocycles. The standard InChI is InChI=1S/C20H23NO5S/c22-16-7-3-1-5-13(16)11-21-19(23)15-6-2-4-8-18(15)27-12-17-14(20(24)25)9-10-26-17/h2,4,6,8-10,13,16,22H,1,3,5,7,11-12H2,(H,21,23)(H,24,25). The van der Waals surface area contributed by atoms with E-state index in [0.29, 0.717) is 23.6 Å². The molecule has 3 rings (SSSR count). The molecule has 1 heterocycles. The van der Waals surface area contributed by atoms with Crippen molar-refractivity contribution in [1.29, 1.82) is 0 Å². The fourth-order valence-electron chi connectivity index (χ4n) is 3.31. The molecule has 144 valence electrons. The number of aliphatic hydroxyl groups is 1. The third-order valence-electron chi connectivity index (χ3n) is 4.86. The van der Waals surface area contributed by atoms with Gasteiger partial charge in [0.1, 0.15) is 11.3 Å². The number of furan rings is 1.